The number of rotatable bonds is 6. The zero-order chi connectivity index (χ0) is 23.0. The van der Waals surface area contributed by atoms with Gasteiger partial charge >= 0.3 is 0 Å². The third-order valence-electron chi connectivity index (χ3n) is 5.83. The molecule has 1 amide bonds. The van der Waals surface area contributed by atoms with Gasteiger partial charge in [0.25, 0.3) is 0 Å². The number of amides is 1. The Labute approximate surface area is 185 Å². The van der Waals surface area contributed by atoms with Crippen molar-refractivity contribution in [1.29, 1.82) is 0 Å². The maximum Gasteiger partial charge on any atom is 0.228 e. The van der Waals surface area contributed by atoms with Gasteiger partial charge in [-0.1, -0.05) is 0 Å². The number of aryl methyl sites for hydroxylation is 2. The molecule has 1 saturated heterocycles. The molecule has 1 aliphatic heterocycles. The van der Waals surface area contributed by atoms with E-state index in [1.807, 2.05) is 13.0 Å². The van der Waals surface area contributed by atoms with Gasteiger partial charge in [0, 0.05) is 36.0 Å². The molecule has 0 radical (unpaired) electrons. The molecule has 3 aromatic rings. The van der Waals surface area contributed by atoms with E-state index in [1.165, 1.54) is 6.07 Å². The van der Waals surface area contributed by atoms with Gasteiger partial charge in [-0.05, 0) is 51.3 Å². The lowest BCUT2D eigenvalue weighted by atomic mass is 10.0. The summed E-state index contributed by atoms with van der Waals surface area (Å²) in [7, 11) is 0. The van der Waals surface area contributed by atoms with Gasteiger partial charge in [-0.15, -0.1) is 0 Å². The monoisotopic (exact) mass is 438 g/mol. The van der Waals surface area contributed by atoms with E-state index in [0.29, 0.717) is 35.8 Å². The lowest BCUT2D eigenvalue weighted by Crippen LogP contribution is -2.25. The molecular weight excluding hydrogens is 411 g/mol. The van der Waals surface area contributed by atoms with Gasteiger partial charge in [0.2, 0.25) is 17.8 Å². The number of nitrogen functional groups attached to an aromatic ring is 1. The molecule has 0 aliphatic carbocycles. The molecular formula is C22H27FN8O. The third kappa shape index (κ3) is 4.39. The van der Waals surface area contributed by atoms with E-state index in [0.717, 1.165) is 29.7 Å². The Morgan fingerprint density at radius 3 is 2.78 bits per heavy atom. The first-order valence-corrected chi connectivity index (χ1v) is 10.6. The fraction of sp³-hybridized carbons (Fsp3) is 0.409. The first kappa shape index (κ1) is 21.7. The Hall–Kier alpha value is -3.56. The van der Waals surface area contributed by atoms with Gasteiger partial charge in [0.15, 0.2) is 0 Å². The number of primary amides is 1. The van der Waals surface area contributed by atoms with Crippen LogP contribution in [0.15, 0.2) is 18.2 Å². The predicted molar refractivity (Wildman–Crippen MR) is 122 cm³/mol. The molecule has 10 heteroatoms. The summed E-state index contributed by atoms with van der Waals surface area (Å²) < 4.78 is 14.2. The molecule has 5 N–H and O–H groups in total. The van der Waals surface area contributed by atoms with Crippen molar-refractivity contribution in [3.8, 4) is 0 Å². The molecule has 1 aliphatic rings. The smallest absolute Gasteiger partial charge is 0.228 e. The van der Waals surface area contributed by atoms with Crippen molar-refractivity contribution in [3.63, 3.8) is 0 Å². The van der Waals surface area contributed by atoms with Crippen LogP contribution in [0.25, 0.3) is 10.9 Å². The standard InChI is InChI=1S/C22H27FN8O/c1-11-17(23)5-4-15-9-16(12(2)26-22-28-13(3)27-21(25)30-22)20(29-19(11)15)31-7-6-14(10-31)8-18(24)32/h4-5,9,12,14H,6-8,10H2,1-3H3,(H2,24,32)(H3,25,26,27,28,30)/t12-,14+/m0/s1. The minimum Gasteiger partial charge on any atom is -0.370 e. The Morgan fingerprint density at radius 2 is 2.06 bits per heavy atom. The summed E-state index contributed by atoms with van der Waals surface area (Å²) in [6.45, 7) is 6.86. The van der Waals surface area contributed by atoms with Gasteiger partial charge < -0.3 is 21.7 Å². The van der Waals surface area contributed by atoms with Crippen LogP contribution in [0.2, 0.25) is 0 Å². The largest absolute Gasteiger partial charge is 0.370 e. The topological polar surface area (TPSA) is 136 Å². The van der Waals surface area contributed by atoms with Crippen LogP contribution < -0.4 is 21.7 Å². The zero-order valence-corrected chi connectivity index (χ0v) is 18.4. The SMILES string of the molecule is Cc1nc(N)nc(N[C@@H](C)c2cc3ccc(F)c(C)c3nc2N2CC[C@H](CC(N)=O)C2)n1. The summed E-state index contributed by atoms with van der Waals surface area (Å²) in [4.78, 5) is 30.9. The molecule has 0 saturated carbocycles. The number of benzene rings is 1. The van der Waals surface area contributed by atoms with Gasteiger partial charge in [-0.25, -0.2) is 9.37 Å². The summed E-state index contributed by atoms with van der Waals surface area (Å²) in [5.41, 5.74) is 13.2. The molecule has 3 heterocycles. The number of nitrogens with zero attached hydrogens (tertiary/aromatic N) is 5. The molecule has 0 unspecified atom stereocenters. The second-order valence-electron chi connectivity index (χ2n) is 8.35. The van der Waals surface area contributed by atoms with Gasteiger partial charge in [0.05, 0.1) is 11.6 Å². The number of carbonyl (C=O) groups excluding carboxylic acids is 1. The lowest BCUT2D eigenvalue weighted by Gasteiger charge is -2.25. The zero-order valence-electron chi connectivity index (χ0n) is 18.4. The predicted octanol–water partition coefficient (Wildman–Crippen LogP) is 2.63. The van der Waals surface area contributed by atoms with Crippen LogP contribution in [-0.2, 0) is 4.79 Å². The molecule has 168 valence electrons. The number of hydrogen-bond donors (Lipinski definition) is 3. The average Bonchev–Trinajstić information content (AvgIpc) is 3.17. The number of pyridine rings is 1. The number of nitrogens with two attached hydrogens (primary N) is 2. The van der Waals surface area contributed by atoms with Crippen LogP contribution in [0.4, 0.5) is 22.1 Å². The normalized spacial score (nSPS) is 17.0. The van der Waals surface area contributed by atoms with Crippen molar-refractivity contribution < 1.29 is 9.18 Å². The number of hydrogen-bond acceptors (Lipinski definition) is 8. The van der Waals surface area contributed by atoms with Crippen molar-refractivity contribution in [2.45, 2.75) is 39.7 Å². The lowest BCUT2D eigenvalue weighted by molar-refractivity contribution is -0.118. The van der Waals surface area contributed by atoms with E-state index in [1.54, 1.807) is 19.9 Å². The van der Waals surface area contributed by atoms with E-state index in [9.17, 15) is 9.18 Å². The van der Waals surface area contributed by atoms with E-state index in [2.05, 4.69) is 25.2 Å². The van der Waals surface area contributed by atoms with Crippen LogP contribution in [-0.4, -0.2) is 38.9 Å². The second-order valence-corrected chi connectivity index (χ2v) is 8.35. The Balaban J connectivity index is 1.75. The summed E-state index contributed by atoms with van der Waals surface area (Å²) in [5, 5.41) is 4.12. The summed E-state index contributed by atoms with van der Waals surface area (Å²) in [5.74, 6) is 1.35. The molecule has 2 atom stereocenters. The Morgan fingerprint density at radius 1 is 1.28 bits per heavy atom. The van der Waals surface area contributed by atoms with Gasteiger partial charge in [-0.2, -0.15) is 15.0 Å². The van der Waals surface area contributed by atoms with Crippen LogP contribution >= 0.6 is 0 Å². The van der Waals surface area contributed by atoms with Crippen molar-refractivity contribution in [1.82, 2.24) is 19.9 Å². The minimum absolute atomic E-state index is 0.143. The van der Waals surface area contributed by atoms with Crippen molar-refractivity contribution in [2.24, 2.45) is 11.7 Å². The molecule has 1 aromatic carbocycles. The highest BCUT2D eigenvalue weighted by Crippen LogP contribution is 2.34. The summed E-state index contributed by atoms with van der Waals surface area (Å²) >= 11 is 0. The van der Waals surface area contributed by atoms with E-state index in [-0.39, 0.29) is 29.6 Å². The third-order valence-corrected chi connectivity index (χ3v) is 5.83. The highest BCUT2D eigenvalue weighted by molar-refractivity contribution is 5.85. The van der Waals surface area contributed by atoms with E-state index in [4.69, 9.17) is 16.5 Å². The fourth-order valence-electron chi connectivity index (χ4n) is 4.25. The molecule has 0 spiro atoms. The van der Waals surface area contributed by atoms with E-state index >= 15 is 0 Å². The fourth-order valence-corrected chi connectivity index (χ4v) is 4.25. The minimum atomic E-state index is -0.306. The first-order chi connectivity index (χ1) is 15.2. The van der Waals surface area contributed by atoms with E-state index < -0.39 is 0 Å². The molecule has 32 heavy (non-hydrogen) atoms. The van der Waals surface area contributed by atoms with Crippen LogP contribution in [0.3, 0.4) is 0 Å². The van der Waals surface area contributed by atoms with Crippen LogP contribution in [0.5, 0.6) is 0 Å². The molecule has 2 aromatic heterocycles. The Bertz CT molecular complexity index is 1160. The number of carbonyl (C=O) groups is 1. The van der Waals surface area contributed by atoms with Gasteiger partial charge in [-0.3, -0.25) is 4.79 Å². The highest BCUT2D eigenvalue weighted by atomic mass is 19.1. The van der Waals surface area contributed by atoms with Gasteiger partial charge in [0.1, 0.15) is 17.5 Å². The number of halogens is 1. The van der Waals surface area contributed by atoms with Crippen molar-refractivity contribution >= 4 is 34.5 Å². The van der Waals surface area contributed by atoms with Crippen LogP contribution in [0.1, 0.15) is 42.8 Å². The van der Waals surface area contributed by atoms with Crippen molar-refractivity contribution in [3.05, 3.63) is 41.0 Å². The second kappa shape index (κ2) is 8.52. The molecule has 0 bridgehead atoms. The molecule has 4 rings (SSSR count). The molecule has 9 nitrogen and oxygen atoms in total. The maximum atomic E-state index is 14.2. The number of nitrogens with one attached hydrogen (secondary N) is 1. The number of aromatic nitrogens is 4. The summed E-state index contributed by atoms with van der Waals surface area (Å²) in [6, 6.07) is 4.98. The first-order valence-electron chi connectivity index (χ1n) is 10.6. The number of anilines is 3. The van der Waals surface area contributed by atoms with Crippen molar-refractivity contribution in [2.75, 3.05) is 29.0 Å². The quantitative estimate of drug-likeness (QED) is 0.534. The number of fused-ring (bicyclic) bond motifs is 1. The Kier molecular flexibility index (Phi) is 5.77. The maximum absolute atomic E-state index is 14.2. The molecule has 1 fully saturated rings. The van der Waals surface area contributed by atoms with Crippen LogP contribution in [0, 0.1) is 25.6 Å². The average molecular weight is 439 g/mol. The highest BCUT2D eigenvalue weighted by Gasteiger charge is 2.28. The summed E-state index contributed by atoms with van der Waals surface area (Å²) in [6.07, 6.45) is 1.18.